The number of methoxy groups -OCH3 is 1. The Morgan fingerprint density at radius 2 is 1.74 bits per heavy atom. The molecule has 0 spiro atoms. The number of aryl methyl sites for hydroxylation is 1. The van der Waals surface area contributed by atoms with Gasteiger partial charge in [-0.1, -0.05) is 30.3 Å². The second kappa shape index (κ2) is 7.71. The Hall–Kier alpha value is -3.94. The molecule has 1 saturated heterocycles. The Morgan fingerprint density at radius 3 is 2.39 bits per heavy atom. The van der Waals surface area contributed by atoms with Crippen LogP contribution in [0.2, 0.25) is 0 Å². The van der Waals surface area contributed by atoms with Crippen LogP contribution in [-0.4, -0.2) is 40.1 Å². The number of hydrogen-bond donors (Lipinski definition) is 1. The highest BCUT2D eigenvalue weighted by Gasteiger charge is 2.49. The lowest BCUT2D eigenvalue weighted by Gasteiger charge is -2.21. The zero-order chi connectivity index (χ0) is 22.2. The molecule has 1 atom stereocenters. The summed E-state index contributed by atoms with van der Waals surface area (Å²) in [5.41, 5.74) is 2.72. The van der Waals surface area contributed by atoms with E-state index in [2.05, 4.69) is 15.5 Å². The van der Waals surface area contributed by atoms with Crippen molar-refractivity contribution in [1.82, 2.24) is 20.1 Å². The molecule has 8 nitrogen and oxygen atoms in total. The van der Waals surface area contributed by atoms with Gasteiger partial charge < -0.3 is 10.1 Å². The lowest BCUT2D eigenvalue weighted by molar-refractivity contribution is -0.131. The van der Waals surface area contributed by atoms with Gasteiger partial charge in [-0.25, -0.2) is 9.48 Å². The molecule has 0 aliphatic carbocycles. The fourth-order valence-corrected chi connectivity index (χ4v) is 3.63. The standard InChI is InChI=1S/C23H23N5O3/c1-15-20(16(2)27(26-15)18-8-6-5-7-9-18)14-24-28-21(29)23(3,25-22(28)30)17-10-12-19(31-4)13-11-17/h5-14H,1-4H3,(H,25,30)/t23-/m0/s1. The van der Waals surface area contributed by atoms with E-state index in [-0.39, 0.29) is 0 Å². The van der Waals surface area contributed by atoms with Crippen LogP contribution in [0.3, 0.4) is 0 Å². The summed E-state index contributed by atoms with van der Waals surface area (Å²) >= 11 is 0. The number of nitrogens with one attached hydrogen (secondary N) is 1. The van der Waals surface area contributed by atoms with E-state index in [1.165, 1.54) is 6.21 Å². The van der Waals surface area contributed by atoms with Gasteiger partial charge in [-0.05, 0) is 50.6 Å². The van der Waals surface area contributed by atoms with Crippen molar-refractivity contribution in [2.24, 2.45) is 5.10 Å². The molecule has 0 saturated carbocycles. The minimum Gasteiger partial charge on any atom is -0.497 e. The smallest absolute Gasteiger partial charge is 0.346 e. The third-order valence-corrected chi connectivity index (χ3v) is 5.49. The SMILES string of the molecule is COc1ccc([C@]2(C)NC(=O)N(N=Cc3c(C)nn(-c4ccccc4)c3C)C2=O)cc1. The summed E-state index contributed by atoms with van der Waals surface area (Å²) in [4.78, 5) is 25.6. The zero-order valence-corrected chi connectivity index (χ0v) is 17.8. The first-order chi connectivity index (χ1) is 14.8. The molecule has 158 valence electrons. The van der Waals surface area contributed by atoms with Crippen LogP contribution in [0.5, 0.6) is 5.75 Å². The van der Waals surface area contributed by atoms with Crippen LogP contribution in [0.1, 0.15) is 29.4 Å². The quantitative estimate of drug-likeness (QED) is 0.510. The first kappa shape index (κ1) is 20.3. The van der Waals surface area contributed by atoms with Crippen LogP contribution in [0.4, 0.5) is 4.79 Å². The number of rotatable bonds is 5. The van der Waals surface area contributed by atoms with Gasteiger partial charge in [0.25, 0.3) is 5.91 Å². The summed E-state index contributed by atoms with van der Waals surface area (Å²) in [6.45, 7) is 5.44. The minimum absolute atomic E-state index is 0.454. The third kappa shape index (κ3) is 3.46. The molecule has 0 radical (unpaired) electrons. The van der Waals surface area contributed by atoms with Crippen LogP contribution < -0.4 is 10.1 Å². The topological polar surface area (TPSA) is 88.8 Å². The third-order valence-electron chi connectivity index (χ3n) is 5.49. The van der Waals surface area contributed by atoms with Gasteiger partial charge in [0.1, 0.15) is 11.3 Å². The fourth-order valence-electron chi connectivity index (χ4n) is 3.63. The van der Waals surface area contributed by atoms with Crippen LogP contribution in [0.15, 0.2) is 59.7 Å². The van der Waals surface area contributed by atoms with Crippen molar-refractivity contribution in [3.05, 3.63) is 77.1 Å². The number of ether oxygens (including phenoxy) is 1. The number of hydrogen-bond acceptors (Lipinski definition) is 5. The van der Waals surface area contributed by atoms with E-state index in [0.717, 1.165) is 27.6 Å². The molecular weight excluding hydrogens is 394 g/mol. The second-order valence-corrected chi connectivity index (χ2v) is 7.48. The Morgan fingerprint density at radius 1 is 1.06 bits per heavy atom. The summed E-state index contributed by atoms with van der Waals surface area (Å²) in [6.07, 6.45) is 1.51. The molecule has 31 heavy (non-hydrogen) atoms. The number of urea groups is 1. The molecule has 1 aliphatic heterocycles. The number of hydrazone groups is 1. The van der Waals surface area contributed by atoms with E-state index in [9.17, 15) is 9.59 Å². The van der Waals surface area contributed by atoms with Gasteiger partial charge in [0.15, 0.2) is 0 Å². The molecule has 1 fully saturated rings. The summed E-state index contributed by atoms with van der Waals surface area (Å²) < 4.78 is 6.97. The summed E-state index contributed by atoms with van der Waals surface area (Å²) in [5, 5.41) is 12.4. The van der Waals surface area contributed by atoms with Gasteiger partial charge in [-0.3, -0.25) is 4.79 Å². The van der Waals surface area contributed by atoms with E-state index < -0.39 is 17.5 Å². The maximum atomic E-state index is 13.1. The Balaban J connectivity index is 1.62. The van der Waals surface area contributed by atoms with E-state index in [0.29, 0.717) is 11.3 Å². The highest BCUT2D eigenvalue weighted by molar-refractivity contribution is 6.07. The number of imide groups is 1. The van der Waals surface area contributed by atoms with Crippen molar-refractivity contribution in [3.63, 3.8) is 0 Å². The number of aromatic nitrogens is 2. The summed E-state index contributed by atoms with van der Waals surface area (Å²) in [7, 11) is 1.57. The van der Waals surface area contributed by atoms with E-state index in [1.54, 1.807) is 38.3 Å². The molecule has 3 amide bonds. The average molecular weight is 417 g/mol. The van der Waals surface area contributed by atoms with Crippen LogP contribution in [-0.2, 0) is 10.3 Å². The average Bonchev–Trinajstić information content (AvgIpc) is 3.19. The van der Waals surface area contributed by atoms with Gasteiger partial charge in [0.05, 0.1) is 30.4 Å². The van der Waals surface area contributed by atoms with Crippen molar-refractivity contribution in [2.45, 2.75) is 26.3 Å². The predicted octanol–water partition coefficient (Wildman–Crippen LogP) is 3.30. The zero-order valence-electron chi connectivity index (χ0n) is 17.8. The minimum atomic E-state index is -1.21. The molecule has 0 bridgehead atoms. The molecule has 4 rings (SSSR count). The lowest BCUT2D eigenvalue weighted by atomic mass is 9.92. The van der Waals surface area contributed by atoms with E-state index >= 15 is 0 Å². The van der Waals surface area contributed by atoms with Gasteiger partial charge >= 0.3 is 6.03 Å². The maximum absolute atomic E-state index is 13.1. The van der Waals surface area contributed by atoms with Gasteiger partial charge in [-0.2, -0.15) is 10.2 Å². The van der Waals surface area contributed by atoms with Crippen molar-refractivity contribution in [3.8, 4) is 11.4 Å². The van der Waals surface area contributed by atoms with Gasteiger partial charge in [0, 0.05) is 5.56 Å². The molecular formula is C23H23N5O3. The first-order valence-corrected chi connectivity index (χ1v) is 9.82. The molecule has 0 unspecified atom stereocenters. The molecule has 2 aromatic carbocycles. The summed E-state index contributed by atoms with van der Waals surface area (Å²) in [6, 6.07) is 16.1. The van der Waals surface area contributed by atoms with Crippen molar-refractivity contribution in [1.29, 1.82) is 0 Å². The van der Waals surface area contributed by atoms with E-state index in [4.69, 9.17) is 4.74 Å². The van der Waals surface area contributed by atoms with Gasteiger partial charge in [0.2, 0.25) is 0 Å². The van der Waals surface area contributed by atoms with Crippen molar-refractivity contribution in [2.75, 3.05) is 7.11 Å². The number of carbonyl (C=O) groups is 2. The number of carbonyl (C=O) groups excluding carboxylic acids is 2. The molecule has 8 heteroatoms. The van der Waals surface area contributed by atoms with Crippen molar-refractivity contribution >= 4 is 18.2 Å². The number of nitrogens with zero attached hydrogens (tertiary/aromatic N) is 4. The molecule has 1 aliphatic rings. The number of benzene rings is 2. The Labute approximate surface area is 180 Å². The summed E-state index contributed by atoms with van der Waals surface area (Å²) in [5.74, 6) is 0.213. The molecule has 1 aromatic heterocycles. The van der Waals surface area contributed by atoms with Crippen molar-refractivity contribution < 1.29 is 14.3 Å². The predicted molar refractivity (Wildman–Crippen MR) is 116 cm³/mol. The number of para-hydroxylation sites is 1. The Kier molecular flexibility index (Phi) is 5.06. The molecule has 2 heterocycles. The Bertz CT molecular complexity index is 1170. The molecule has 3 aromatic rings. The van der Waals surface area contributed by atoms with Crippen LogP contribution in [0, 0.1) is 13.8 Å². The fraction of sp³-hybridized carbons (Fsp3) is 0.217. The molecule has 1 N–H and O–H groups in total. The first-order valence-electron chi connectivity index (χ1n) is 9.82. The maximum Gasteiger partial charge on any atom is 0.346 e. The van der Waals surface area contributed by atoms with E-state index in [1.807, 2.05) is 48.9 Å². The van der Waals surface area contributed by atoms with Gasteiger partial charge in [-0.15, -0.1) is 5.01 Å². The number of amides is 3. The second-order valence-electron chi connectivity index (χ2n) is 7.48. The normalized spacial score (nSPS) is 18.6. The lowest BCUT2D eigenvalue weighted by Crippen LogP contribution is -2.40. The highest BCUT2D eigenvalue weighted by Crippen LogP contribution is 2.30. The van der Waals surface area contributed by atoms with Crippen LogP contribution in [0.25, 0.3) is 5.69 Å². The monoisotopic (exact) mass is 417 g/mol. The largest absolute Gasteiger partial charge is 0.497 e. The van der Waals surface area contributed by atoms with Crippen LogP contribution >= 0.6 is 0 Å². The highest BCUT2D eigenvalue weighted by atomic mass is 16.5.